The number of carbonyl (C=O) groups is 2. The van der Waals surface area contributed by atoms with Crippen molar-refractivity contribution in [3.05, 3.63) is 0 Å². The maximum atomic E-state index is 10.4. The Morgan fingerprint density at radius 2 is 1.47 bits per heavy atom. The predicted octanol–water partition coefficient (Wildman–Crippen LogP) is 1.48. The van der Waals surface area contributed by atoms with E-state index in [1.165, 1.54) is 0 Å². The highest BCUT2D eigenvalue weighted by atomic mass is 16.6. The second kappa shape index (κ2) is 6.59. The number of cyclic esters (lactones) is 2. The number of rotatable bonds is 0. The molecule has 2 heterocycles. The largest absolute Gasteiger partial charge is 0.462 e. The van der Waals surface area contributed by atoms with E-state index in [9.17, 15) is 9.59 Å². The maximum Gasteiger partial charge on any atom is 0.308 e. The lowest BCUT2D eigenvalue weighted by molar-refractivity contribution is -0.155. The summed E-state index contributed by atoms with van der Waals surface area (Å²) in [6, 6.07) is 0. The molecule has 100 valence electrons. The van der Waals surface area contributed by atoms with E-state index in [1.54, 1.807) is 6.92 Å². The Morgan fingerprint density at radius 1 is 1.00 bits per heavy atom. The molecule has 0 amide bonds. The van der Waals surface area contributed by atoms with Gasteiger partial charge in [-0.1, -0.05) is 21.3 Å². The number of esters is 2. The molecule has 5 heteroatoms. The van der Waals surface area contributed by atoms with Crippen molar-refractivity contribution in [3.8, 4) is 0 Å². The van der Waals surface area contributed by atoms with Crippen molar-refractivity contribution in [2.75, 3.05) is 0 Å². The molecule has 5 nitrogen and oxygen atoms in total. The SMILES string of the molecule is C.CC1CC(=O)OC1C.CC1CC(=O)OC1O. The van der Waals surface area contributed by atoms with Gasteiger partial charge in [0.25, 0.3) is 0 Å². The number of ether oxygens (including phenoxy) is 2. The Bertz CT molecular complexity index is 224. The second-order valence-corrected chi connectivity index (χ2v) is 4.44. The van der Waals surface area contributed by atoms with E-state index in [2.05, 4.69) is 4.74 Å². The molecule has 0 aliphatic carbocycles. The van der Waals surface area contributed by atoms with E-state index in [0.29, 0.717) is 18.8 Å². The summed E-state index contributed by atoms with van der Waals surface area (Å²) in [4.78, 5) is 20.7. The normalized spacial score (nSPS) is 35.3. The first-order valence-corrected chi connectivity index (χ1v) is 5.47. The Morgan fingerprint density at radius 3 is 1.59 bits per heavy atom. The molecule has 0 aromatic carbocycles. The lowest BCUT2D eigenvalue weighted by Crippen LogP contribution is -2.10. The fraction of sp³-hybridized carbons (Fsp3) is 0.833. The second-order valence-electron chi connectivity index (χ2n) is 4.44. The summed E-state index contributed by atoms with van der Waals surface area (Å²) >= 11 is 0. The molecule has 2 fully saturated rings. The van der Waals surface area contributed by atoms with Gasteiger partial charge >= 0.3 is 11.9 Å². The highest BCUT2D eigenvalue weighted by molar-refractivity contribution is 5.72. The fourth-order valence-electron chi connectivity index (χ4n) is 1.46. The van der Waals surface area contributed by atoms with Crippen molar-refractivity contribution in [1.82, 2.24) is 0 Å². The van der Waals surface area contributed by atoms with Crippen molar-refractivity contribution < 1.29 is 24.2 Å². The molecule has 0 aromatic rings. The summed E-state index contributed by atoms with van der Waals surface area (Å²) < 4.78 is 9.22. The zero-order valence-electron chi connectivity index (χ0n) is 9.80. The van der Waals surface area contributed by atoms with E-state index < -0.39 is 6.29 Å². The fourth-order valence-corrected chi connectivity index (χ4v) is 1.46. The van der Waals surface area contributed by atoms with Crippen LogP contribution in [0.2, 0.25) is 0 Å². The third-order valence-electron chi connectivity index (χ3n) is 2.83. The topological polar surface area (TPSA) is 72.8 Å². The van der Waals surface area contributed by atoms with Gasteiger partial charge < -0.3 is 14.6 Å². The lowest BCUT2D eigenvalue weighted by Gasteiger charge is -2.03. The Kier molecular flexibility index (Phi) is 6.16. The summed E-state index contributed by atoms with van der Waals surface area (Å²) in [6.07, 6.45) is 0.229. The zero-order valence-corrected chi connectivity index (χ0v) is 9.80. The molecule has 0 aromatic heterocycles. The molecule has 4 atom stereocenters. The van der Waals surface area contributed by atoms with Crippen molar-refractivity contribution in [3.63, 3.8) is 0 Å². The van der Waals surface area contributed by atoms with Crippen LogP contribution in [0, 0.1) is 11.8 Å². The van der Waals surface area contributed by atoms with Gasteiger partial charge in [0.2, 0.25) is 6.29 Å². The summed E-state index contributed by atoms with van der Waals surface area (Å²) in [5.41, 5.74) is 0. The first kappa shape index (κ1) is 15.9. The predicted molar refractivity (Wildman–Crippen MR) is 61.9 cm³/mol. The molecule has 0 saturated carbocycles. The smallest absolute Gasteiger partial charge is 0.308 e. The number of aliphatic hydroxyl groups excluding tert-OH is 1. The highest BCUT2D eigenvalue weighted by Gasteiger charge is 2.28. The zero-order chi connectivity index (χ0) is 12.3. The Hall–Kier alpha value is -1.10. The van der Waals surface area contributed by atoms with Crippen molar-refractivity contribution in [2.24, 2.45) is 11.8 Å². The van der Waals surface area contributed by atoms with Crippen LogP contribution in [-0.2, 0) is 19.1 Å². The first-order chi connectivity index (χ1) is 7.40. The van der Waals surface area contributed by atoms with E-state index in [1.807, 2.05) is 13.8 Å². The lowest BCUT2D eigenvalue weighted by atomic mass is 10.1. The van der Waals surface area contributed by atoms with Gasteiger partial charge in [-0.3, -0.25) is 9.59 Å². The molecule has 0 bridgehead atoms. The molecule has 4 unspecified atom stereocenters. The minimum absolute atomic E-state index is 0. The third kappa shape index (κ3) is 4.73. The standard InChI is InChI=1S/C6H10O2.C5H8O3.CH4/c1-4-3-6(7)8-5(4)2;1-3-2-4(6)8-5(3)7;/h4-5H,3H2,1-2H3;3,5,7H,2H2,1H3;1H4. The van der Waals surface area contributed by atoms with Gasteiger partial charge in [-0.15, -0.1) is 0 Å². The number of hydrogen-bond acceptors (Lipinski definition) is 5. The van der Waals surface area contributed by atoms with Crippen molar-refractivity contribution in [1.29, 1.82) is 0 Å². The molecular formula is C12H22O5. The van der Waals surface area contributed by atoms with Gasteiger partial charge in [-0.2, -0.15) is 0 Å². The van der Waals surface area contributed by atoms with Crippen LogP contribution in [0.1, 0.15) is 41.0 Å². The van der Waals surface area contributed by atoms with Crippen LogP contribution < -0.4 is 0 Å². The van der Waals surface area contributed by atoms with Gasteiger partial charge in [0.1, 0.15) is 6.10 Å². The number of carbonyl (C=O) groups excluding carboxylic acids is 2. The first-order valence-electron chi connectivity index (χ1n) is 5.47. The number of aliphatic hydroxyl groups is 1. The molecule has 17 heavy (non-hydrogen) atoms. The van der Waals surface area contributed by atoms with Crippen LogP contribution in [0.3, 0.4) is 0 Å². The van der Waals surface area contributed by atoms with E-state index in [-0.39, 0.29) is 31.4 Å². The molecule has 2 rings (SSSR count). The molecule has 0 radical (unpaired) electrons. The average molecular weight is 246 g/mol. The summed E-state index contributed by atoms with van der Waals surface area (Å²) in [7, 11) is 0. The minimum atomic E-state index is -0.859. The number of hydrogen-bond donors (Lipinski definition) is 1. The Labute approximate surface area is 102 Å². The van der Waals surface area contributed by atoms with Gasteiger partial charge in [0.05, 0.1) is 12.8 Å². The molecular weight excluding hydrogens is 224 g/mol. The summed E-state index contributed by atoms with van der Waals surface area (Å²) in [5, 5.41) is 8.73. The monoisotopic (exact) mass is 246 g/mol. The van der Waals surface area contributed by atoms with Crippen LogP contribution in [0.5, 0.6) is 0 Å². The molecule has 0 spiro atoms. The van der Waals surface area contributed by atoms with Crippen LogP contribution in [0.25, 0.3) is 0 Å². The van der Waals surface area contributed by atoms with Gasteiger partial charge in [0, 0.05) is 11.8 Å². The molecule has 1 N–H and O–H groups in total. The van der Waals surface area contributed by atoms with E-state index in [4.69, 9.17) is 9.84 Å². The van der Waals surface area contributed by atoms with Crippen LogP contribution in [-0.4, -0.2) is 29.4 Å². The van der Waals surface area contributed by atoms with Crippen LogP contribution in [0.4, 0.5) is 0 Å². The highest BCUT2D eigenvalue weighted by Crippen LogP contribution is 2.20. The van der Waals surface area contributed by atoms with Gasteiger partial charge in [-0.05, 0) is 6.92 Å². The van der Waals surface area contributed by atoms with Crippen molar-refractivity contribution >= 4 is 11.9 Å². The van der Waals surface area contributed by atoms with Crippen LogP contribution >= 0.6 is 0 Å². The van der Waals surface area contributed by atoms with Gasteiger partial charge in [0.15, 0.2) is 0 Å². The molecule has 2 saturated heterocycles. The van der Waals surface area contributed by atoms with E-state index >= 15 is 0 Å². The summed E-state index contributed by atoms with van der Waals surface area (Å²) in [5.74, 6) is 0.0417. The van der Waals surface area contributed by atoms with Gasteiger partial charge in [-0.25, -0.2) is 0 Å². The van der Waals surface area contributed by atoms with Crippen LogP contribution in [0.15, 0.2) is 0 Å². The molecule has 2 aliphatic heterocycles. The average Bonchev–Trinajstić information content (AvgIpc) is 2.58. The maximum absolute atomic E-state index is 10.4. The van der Waals surface area contributed by atoms with Crippen molar-refractivity contribution in [2.45, 2.75) is 53.4 Å². The third-order valence-corrected chi connectivity index (χ3v) is 2.83. The van der Waals surface area contributed by atoms with E-state index in [0.717, 1.165) is 0 Å². The minimum Gasteiger partial charge on any atom is -0.462 e. The Balaban J connectivity index is 0.000000284. The molecule has 2 aliphatic rings. The quantitative estimate of drug-likeness (QED) is 0.655. The summed E-state index contributed by atoms with van der Waals surface area (Å²) in [6.45, 7) is 5.72.